The summed E-state index contributed by atoms with van der Waals surface area (Å²) in [6, 6.07) is 13.5. The molecule has 2 rings (SSSR count). The molecule has 6 heteroatoms. The van der Waals surface area contributed by atoms with E-state index in [4.69, 9.17) is 14.2 Å². The minimum absolute atomic E-state index is 0.00123. The summed E-state index contributed by atoms with van der Waals surface area (Å²) in [6.07, 6.45) is 0. The Hall–Kier alpha value is -2.34. The second kappa shape index (κ2) is 10.6. The van der Waals surface area contributed by atoms with E-state index in [2.05, 4.69) is 5.32 Å². The van der Waals surface area contributed by atoms with E-state index in [1.54, 1.807) is 26.0 Å². The summed E-state index contributed by atoms with van der Waals surface area (Å²) in [4.78, 5) is 12.1. The van der Waals surface area contributed by atoms with E-state index in [9.17, 15) is 4.79 Å². The molecule has 0 spiro atoms. The lowest BCUT2D eigenvalue weighted by Crippen LogP contribution is -2.24. The van der Waals surface area contributed by atoms with Crippen LogP contribution in [0.5, 0.6) is 17.2 Å². The van der Waals surface area contributed by atoms with Crippen LogP contribution < -0.4 is 19.5 Å². The zero-order chi connectivity index (χ0) is 18.8. The van der Waals surface area contributed by atoms with E-state index in [1.807, 2.05) is 49.4 Å². The normalized spacial score (nSPS) is 10.3. The fourth-order valence-electron chi connectivity index (χ4n) is 2.42. The zero-order valence-electron chi connectivity index (χ0n) is 15.4. The van der Waals surface area contributed by atoms with Gasteiger partial charge in [0.05, 0.1) is 26.6 Å². The number of amides is 1. The lowest BCUT2D eigenvalue weighted by molar-refractivity contribution is -0.118. The lowest BCUT2D eigenvalue weighted by Gasteiger charge is -2.11. The fourth-order valence-corrected chi connectivity index (χ4v) is 3.26. The third-order valence-corrected chi connectivity index (χ3v) is 4.68. The van der Waals surface area contributed by atoms with Crippen molar-refractivity contribution in [3.05, 3.63) is 53.6 Å². The van der Waals surface area contributed by atoms with Crippen LogP contribution in [0, 0.1) is 0 Å². The van der Waals surface area contributed by atoms with Gasteiger partial charge in [-0.3, -0.25) is 4.79 Å². The van der Waals surface area contributed by atoms with Crippen LogP contribution in [0.1, 0.15) is 18.1 Å². The second-order valence-corrected chi connectivity index (χ2v) is 6.49. The Balaban J connectivity index is 1.79. The van der Waals surface area contributed by atoms with E-state index >= 15 is 0 Å². The number of ether oxygens (including phenoxy) is 3. The number of methoxy groups -OCH3 is 2. The summed E-state index contributed by atoms with van der Waals surface area (Å²) in [7, 11) is 3.19. The number of hydrogen-bond donors (Lipinski definition) is 1. The molecule has 2 aromatic rings. The highest BCUT2D eigenvalue weighted by Crippen LogP contribution is 2.27. The molecule has 5 nitrogen and oxygen atoms in total. The van der Waals surface area contributed by atoms with E-state index in [0.717, 1.165) is 22.6 Å². The zero-order valence-corrected chi connectivity index (χ0v) is 16.2. The first-order valence-corrected chi connectivity index (χ1v) is 9.59. The molecule has 0 aliphatic carbocycles. The third-order valence-electron chi connectivity index (χ3n) is 3.70. The maximum atomic E-state index is 12.1. The van der Waals surface area contributed by atoms with Crippen molar-refractivity contribution in [2.45, 2.75) is 19.2 Å². The van der Waals surface area contributed by atoms with Crippen LogP contribution in [0.3, 0.4) is 0 Å². The maximum absolute atomic E-state index is 12.1. The van der Waals surface area contributed by atoms with Gasteiger partial charge < -0.3 is 19.5 Å². The molecule has 0 aliphatic heterocycles. The molecule has 140 valence electrons. The maximum Gasteiger partial charge on any atom is 0.230 e. The third kappa shape index (κ3) is 5.88. The number of thioether (sulfide) groups is 1. The summed E-state index contributed by atoms with van der Waals surface area (Å²) in [5, 5.41) is 2.93. The number of carbonyl (C=O) groups excluding carboxylic acids is 1. The van der Waals surface area contributed by atoms with Gasteiger partial charge in [-0.2, -0.15) is 0 Å². The molecule has 0 bridgehead atoms. The minimum Gasteiger partial charge on any atom is -0.494 e. The quantitative estimate of drug-likeness (QED) is 0.687. The van der Waals surface area contributed by atoms with Gasteiger partial charge in [0.2, 0.25) is 5.91 Å². The molecule has 0 atom stereocenters. The van der Waals surface area contributed by atoms with Crippen LogP contribution in [0.25, 0.3) is 0 Å². The first kappa shape index (κ1) is 20.0. The van der Waals surface area contributed by atoms with Crippen molar-refractivity contribution < 1.29 is 19.0 Å². The van der Waals surface area contributed by atoms with Gasteiger partial charge in [-0.05, 0) is 30.7 Å². The predicted octanol–water partition coefficient (Wildman–Crippen LogP) is 3.65. The van der Waals surface area contributed by atoms with E-state index in [1.165, 1.54) is 0 Å². The summed E-state index contributed by atoms with van der Waals surface area (Å²) in [5.74, 6) is 3.34. The highest BCUT2D eigenvalue weighted by Gasteiger charge is 2.08. The van der Waals surface area contributed by atoms with Gasteiger partial charge >= 0.3 is 0 Å². The van der Waals surface area contributed by atoms with Gasteiger partial charge in [0.25, 0.3) is 0 Å². The van der Waals surface area contributed by atoms with Crippen molar-refractivity contribution in [1.29, 1.82) is 0 Å². The average molecular weight is 375 g/mol. The molecule has 0 saturated carbocycles. The van der Waals surface area contributed by atoms with Crippen molar-refractivity contribution in [3.8, 4) is 17.2 Å². The van der Waals surface area contributed by atoms with Crippen LogP contribution in [0.2, 0.25) is 0 Å². The lowest BCUT2D eigenvalue weighted by atomic mass is 10.2. The smallest absolute Gasteiger partial charge is 0.230 e. The summed E-state index contributed by atoms with van der Waals surface area (Å²) >= 11 is 1.57. The second-order valence-electron chi connectivity index (χ2n) is 5.50. The van der Waals surface area contributed by atoms with Gasteiger partial charge in [0, 0.05) is 17.9 Å². The SMILES string of the molecule is CCOc1ccccc1CSCC(=O)NCc1ccc(OC)c(OC)c1. The molecule has 0 unspecified atom stereocenters. The molecule has 1 amide bonds. The average Bonchev–Trinajstić information content (AvgIpc) is 2.67. The van der Waals surface area contributed by atoms with Crippen LogP contribution in [0.4, 0.5) is 0 Å². The molecule has 26 heavy (non-hydrogen) atoms. The Morgan fingerprint density at radius 3 is 2.54 bits per heavy atom. The first-order chi connectivity index (χ1) is 12.7. The standard InChI is InChI=1S/C20H25NO4S/c1-4-25-17-8-6-5-7-16(17)13-26-14-20(22)21-12-15-9-10-18(23-2)19(11-15)24-3/h5-11H,4,12-14H2,1-3H3,(H,21,22). The largest absolute Gasteiger partial charge is 0.494 e. The topological polar surface area (TPSA) is 56.8 Å². The highest BCUT2D eigenvalue weighted by atomic mass is 32.2. The molecule has 0 radical (unpaired) electrons. The number of nitrogens with one attached hydrogen (secondary N) is 1. The molecule has 0 saturated heterocycles. The Labute approximate surface area is 159 Å². The molecule has 2 aromatic carbocycles. The van der Waals surface area contributed by atoms with Gasteiger partial charge in [-0.1, -0.05) is 24.3 Å². The van der Waals surface area contributed by atoms with Crippen LogP contribution in [-0.4, -0.2) is 32.5 Å². The minimum atomic E-state index is -0.00123. The Morgan fingerprint density at radius 2 is 1.81 bits per heavy atom. The molecular weight excluding hydrogens is 350 g/mol. The molecule has 0 aliphatic rings. The number of hydrogen-bond acceptors (Lipinski definition) is 5. The molecule has 0 heterocycles. The van der Waals surface area contributed by atoms with Crippen molar-refractivity contribution in [2.75, 3.05) is 26.6 Å². The van der Waals surface area contributed by atoms with Gasteiger partial charge in [0.1, 0.15) is 5.75 Å². The van der Waals surface area contributed by atoms with Crippen molar-refractivity contribution in [2.24, 2.45) is 0 Å². The van der Waals surface area contributed by atoms with Gasteiger partial charge in [-0.25, -0.2) is 0 Å². The van der Waals surface area contributed by atoms with Crippen LogP contribution >= 0.6 is 11.8 Å². The van der Waals surface area contributed by atoms with Crippen LogP contribution in [0.15, 0.2) is 42.5 Å². The summed E-state index contributed by atoms with van der Waals surface area (Å²) in [5.41, 5.74) is 2.06. The van der Waals surface area contributed by atoms with E-state index < -0.39 is 0 Å². The predicted molar refractivity (Wildman–Crippen MR) is 105 cm³/mol. The van der Waals surface area contributed by atoms with E-state index in [-0.39, 0.29) is 5.91 Å². The Kier molecular flexibility index (Phi) is 8.15. The molecule has 0 aromatic heterocycles. The highest BCUT2D eigenvalue weighted by molar-refractivity contribution is 7.99. The fraction of sp³-hybridized carbons (Fsp3) is 0.350. The Bertz CT molecular complexity index is 721. The first-order valence-electron chi connectivity index (χ1n) is 8.44. The van der Waals surface area contributed by atoms with Crippen molar-refractivity contribution >= 4 is 17.7 Å². The number of rotatable bonds is 10. The Morgan fingerprint density at radius 1 is 1.04 bits per heavy atom. The van der Waals surface area contributed by atoms with Gasteiger partial charge in [-0.15, -0.1) is 11.8 Å². The number of benzene rings is 2. The monoisotopic (exact) mass is 375 g/mol. The van der Waals surface area contributed by atoms with Gasteiger partial charge in [0.15, 0.2) is 11.5 Å². The molecule has 1 N–H and O–H groups in total. The summed E-state index contributed by atoms with van der Waals surface area (Å²) < 4.78 is 16.1. The van der Waals surface area contributed by atoms with Crippen molar-refractivity contribution in [3.63, 3.8) is 0 Å². The summed E-state index contributed by atoms with van der Waals surface area (Å²) in [6.45, 7) is 3.05. The molecular formula is C20H25NO4S. The number of carbonyl (C=O) groups is 1. The number of para-hydroxylation sites is 1. The molecule has 0 fully saturated rings. The van der Waals surface area contributed by atoms with E-state index in [0.29, 0.717) is 30.4 Å². The van der Waals surface area contributed by atoms with Crippen LogP contribution in [-0.2, 0) is 17.1 Å². The van der Waals surface area contributed by atoms with Crippen molar-refractivity contribution in [1.82, 2.24) is 5.32 Å².